The lowest BCUT2D eigenvalue weighted by atomic mass is 9.84. The standard InChI is InChI=1S/C14H27N/c1-4-5-6-7-9-13-10-8-11-15-14(13)12(2)3/h7,9,12-15H,4-6,8,10-11H2,1-3H3/b9-7+/t13-,14+/m0/s1. The van der Waals surface area contributed by atoms with E-state index < -0.39 is 0 Å². The number of rotatable bonds is 5. The van der Waals surface area contributed by atoms with Crippen LogP contribution >= 0.6 is 0 Å². The van der Waals surface area contributed by atoms with Gasteiger partial charge >= 0.3 is 0 Å². The number of nitrogens with one attached hydrogen (secondary N) is 1. The Morgan fingerprint density at radius 3 is 2.87 bits per heavy atom. The molecular weight excluding hydrogens is 182 g/mol. The van der Waals surface area contributed by atoms with Gasteiger partial charge < -0.3 is 5.32 Å². The highest BCUT2D eigenvalue weighted by Gasteiger charge is 2.24. The van der Waals surface area contributed by atoms with E-state index in [4.69, 9.17) is 0 Å². The lowest BCUT2D eigenvalue weighted by Gasteiger charge is -2.33. The van der Waals surface area contributed by atoms with E-state index in [0.29, 0.717) is 6.04 Å². The van der Waals surface area contributed by atoms with Crippen molar-refractivity contribution in [2.75, 3.05) is 6.54 Å². The summed E-state index contributed by atoms with van der Waals surface area (Å²) >= 11 is 0. The molecule has 0 aromatic rings. The summed E-state index contributed by atoms with van der Waals surface area (Å²) in [5.41, 5.74) is 0. The molecule has 0 bridgehead atoms. The summed E-state index contributed by atoms with van der Waals surface area (Å²) in [5, 5.41) is 3.66. The summed E-state index contributed by atoms with van der Waals surface area (Å²) in [6.07, 6.45) is 11.5. The molecule has 1 aliphatic rings. The van der Waals surface area contributed by atoms with Crippen LogP contribution in [-0.2, 0) is 0 Å². The Hall–Kier alpha value is -0.300. The number of hydrogen-bond acceptors (Lipinski definition) is 1. The zero-order valence-corrected chi connectivity index (χ0v) is 10.6. The predicted molar refractivity (Wildman–Crippen MR) is 68.0 cm³/mol. The molecule has 0 amide bonds. The molecular formula is C14H27N. The van der Waals surface area contributed by atoms with E-state index in [-0.39, 0.29) is 0 Å². The van der Waals surface area contributed by atoms with Crippen LogP contribution in [0.3, 0.4) is 0 Å². The van der Waals surface area contributed by atoms with Crippen LogP contribution in [0.1, 0.15) is 52.9 Å². The molecule has 15 heavy (non-hydrogen) atoms. The number of unbranched alkanes of at least 4 members (excludes halogenated alkanes) is 2. The van der Waals surface area contributed by atoms with Gasteiger partial charge in [0.05, 0.1) is 0 Å². The molecule has 0 aromatic carbocycles. The second-order valence-corrected chi connectivity index (χ2v) is 5.10. The molecule has 88 valence electrons. The average Bonchev–Trinajstić information content (AvgIpc) is 2.25. The molecule has 0 saturated carbocycles. The lowest BCUT2D eigenvalue weighted by Crippen LogP contribution is -2.44. The molecule has 1 saturated heterocycles. The molecule has 1 rings (SSSR count). The molecule has 1 N–H and O–H groups in total. The second kappa shape index (κ2) is 7.05. The zero-order chi connectivity index (χ0) is 11.1. The van der Waals surface area contributed by atoms with Crippen LogP contribution in [0.15, 0.2) is 12.2 Å². The van der Waals surface area contributed by atoms with Crippen molar-refractivity contribution in [1.29, 1.82) is 0 Å². The van der Waals surface area contributed by atoms with E-state index in [1.807, 2.05) is 0 Å². The second-order valence-electron chi connectivity index (χ2n) is 5.10. The van der Waals surface area contributed by atoms with Crippen molar-refractivity contribution >= 4 is 0 Å². The first kappa shape index (κ1) is 12.8. The van der Waals surface area contributed by atoms with Gasteiger partial charge in [-0.3, -0.25) is 0 Å². The molecule has 1 heteroatoms. The van der Waals surface area contributed by atoms with Crippen molar-refractivity contribution in [2.45, 2.75) is 58.9 Å². The summed E-state index contributed by atoms with van der Waals surface area (Å²) in [6.45, 7) is 8.13. The molecule has 1 fully saturated rings. The van der Waals surface area contributed by atoms with Gasteiger partial charge in [0.1, 0.15) is 0 Å². The van der Waals surface area contributed by atoms with Gasteiger partial charge in [0, 0.05) is 6.04 Å². The van der Waals surface area contributed by atoms with Crippen molar-refractivity contribution in [2.24, 2.45) is 11.8 Å². The fraction of sp³-hybridized carbons (Fsp3) is 0.857. The maximum atomic E-state index is 3.66. The van der Waals surface area contributed by atoms with Crippen LogP contribution in [-0.4, -0.2) is 12.6 Å². The van der Waals surface area contributed by atoms with E-state index in [9.17, 15) is 0 Å². The Morgan fingerprint density at radius 1 is 1.40 bits per heavy atom. The van der Waals surface area contributed by atoms with Crippen molar-refractivity contribution in [3.63, 3.8) is 0 Å². The molecule has 2 atom stereocenters. The van der Waals surface area contributed by atoms with Crippen LogP contribution in [0.2, 0.25) is 0 Å². The van der Waals surface area contributed by atoms with Gasteiger partial charge in [-0.05, 0) is 37.6 Å². The van der Waals surface area contributed by atoms with Crippen molar-refractivity contribution in [3.8, 4) is 0 Å². The first-order chi connectivity index (χ1) is 7.25. The molecule has 0 aromatic heterocycles. The van der Waals surface area contributed by atoms with Crippen LogP contribution < -0.4 is 5.32 Å². The maximum Gasteiger partial charge on any atom is 0.0153 e. The predicted octanol–water partition coefficient (Wildman–Crippen LogP) is 3.76. The van der Waals surface area contributed by atoms with Gasteiger partial charge in [0.25, 0.3) is 0 Å². The average molecular weight is 209 g/mol. The fourth-order valence-electron chi connectivity index (χ4n) is 2.48. The minimum absolute atomic E-state index is 0.705. The third-order valence-corrected chi connectivity index (χ3v) is 3.38. The SMILES string of the molecule is CCCC/C=C/[C@H]1CCCN[C@@H]1C(C)C. The Balaban J connectivity index is 2.38. The Morgan fingerprint density at radius 2 is 2.20 bits per heavy atom. The number of hydrogen-bond donors (Lipinski definition) is 1. The normalized spacial score (nSPS) is 27.7. The quantitative estimate of drug-likeness (QED) is 0.537. The van der Waals surface area contributed by atoms with E-state index in [1.165, 1.54) is 38.6 Å². The molecule has 0 aliphatic carbocycles. The summed E-state index contributed by atoms with van der Waals surface area (Å²) in [4.78, 5) is 0. The highest BCUT2D eigenvalue weighted by Crippen LogP contribution is 2.23. The third-order valence-electron chi connectivity index (χ3n) is 3.38. The summed E-state index contributed by atoms with van der Waals surface area (Å²) in [7, 11) is 0. The van der Waals surface area contributed by atoms with Gasteiger partial charge in [-0.2, -0.15) is 0 Å². The summed E-state index contributed by atoms with van der Waals surface area (Å²) in [5.74, 6) is 1.53. The van der Waals surface area contributed by atoms with Crippen LogP contribution in [0.5, 0.6) is 0 Å². The highest BCUT2D eigenvalue weighted by molar-refractivity contribution is 4.97. The number of piperidine rings is 1. The first-order valence-electron chi connectivity index (χ1n) is 6.65. The minimum atomic E-state index is 0.705. The van der Waals surface area contributed by atoms with Crippen molar-refractivity contribution < 1.29 is 0 Å². The largest absolute Gasteiger partial charge is 0.313 e. The topological polar surface area (TPSA) is 12.0 Å². The fourth-order valence-corrected chi connectivity index (χ4v) is 2.48. The van der Waals surface area contributed by atoms with Gasteiger partial charge in [0.15, 0.2) is 0 Å². The Labute approximate surface area is 95.3 Å². The van der Waals surface area contributed by atoms with E-state index >= 15 is 0 Å². The highest BCUT2D eigenvalue weighted by atomic mass is 14.9. The molecule has 1 heterocycles. The summed E-state index contributed by atoms with van der Waals surface area (Å²) < 4.78 is 0. The lowest BCUT2D eigenvalue weighted by molar-refractivity contribution is 0.266. The van der Waals surface area contributed by atoms with Crippen LogP contribution in [0, 0.1) is 11.8 Å². The van der Waals surface area contributed by atoms with Crippen molar-refractivity contribution in [1.82, 2.24) is 5.32 Å². The van der Waals surface area contributed by atoms with Gasteiger partial charge in [-0.15, -0.1) is 0 Å². The van der Waals surface area contributed by atoms with Gasteiger partial charge in [-0.25, -0.2) is 0 Å². The molecule has 0 spiro atoms. The van der Waals surface area contributed by atoms with Crippen LogP contribution in [0.4, 0.5) is 0 Å². The van der Waals surface area contributed by atoms with E-state index in [2.05, 4.69) is 38.2 Å². The van der Waals surface area contributed by atoms with Gasteiger partial charge in [0.2, 0.25) is 0 Å². The van der Waals surface area contributed by atoms with E-state index in [0.717, 1.165) is 11.8 Å². The van der Waals surface area contributed by atoms with Crippen molar-refractivity contribution in [3.05, 3.63) is 12.2 Å². The van der Waals surface area contributed by atoms with E-state index in [1.54, 1.807) is 0 Å². The first-order valence-corrected chi connectivity index (χ1v) is 6.65. The monoisotopic (exact) mass is 209 g/mol. The molecule has 0 unspecified atom stereocenters. The Bertz CT molecular complexity index is 184. The zero-order valence-electron chi connectivity index (χ0n) is 10.6. The van der Waals surface area contributed by atoms with Crippen LogP contribution in [0.25, 0.3) is 0 Å². The Kier molecular flexibility index (Phi) is 6.00. The minimum Gasteiger partial charge on any atom is -0.313 e. The molecule has 1 aliphatic heterocycles. The smallest absolute Gasteiger partial charge is 0.0153 e. The maximum absolute atomic E-state index is 3.66. The summed E-state index contributed by atoms with van der Waals surface area (Å²) in [6, 6.07) is 0.705. The third kappa shape index (κ3) is 4.38. The van der Waals surface area contributed by atoms with Gasteiger partial charge in [-0.1, -0.05) is 45.8 Å². The number of allylic oxidation sites excluding steroid dienone is 1. The molecule has 0 radical (unpaired) electrons. The molecule has 1 nitrogen and oxygen atoms in total.